The van der Waals surface area contributed by atoms with E-state index in [0.29, 0.717) is 13.1 Å². The molecular formula is C16H19ClN2OS. The first kappa shape index (κ1) is 16.0. The predicted molar refractivity (Wildman–Crippen MR) is 88.7 cm³/mol. The minimum absolute atomic E-state index is 0.0282. The van der Waals surface area contributed by atoms with E-state index in [2.05, 4.69) is 5.32 Å². The summed E-state index contributed by atoms with van der Waals surface area (Å²) < 4.78 is 0. The highest BCUT2D eigenvalue weighted by Crippen LogP contribution is 2.18. The number of carbonyl (C=O) groups excluding carboxylic acids is 1. The van der Waals surface area contributed by atoms with Crippen LogP contribution >= 0.6 is 22.9 Å². The van der Waals surface area contributed by atoms with Crippen LogP contribution in [0.25, 0.3) is 0 Å². The summed E-state index contributed by atoms with van der Waals surface area (Å²) in [5.74, 6) is 0.0282. The molecule has 0 aliphatic rings. The molecule has 5 heteroatoms. The summed E-state index contributed by atoms with van der Waals surface area (Å²) >= 11 is 7.62. The van der Waals surface area contributed by atoms with Crippen molar-refractivity contribution in [2.45, 2.75) is 19.5 Å². The molecule has 0 aliphatic heterocycles. The predicted octanol–water partition coefficient (Wildman–Crippen LogP) is 3.71. The van der Waals surface area contributed by atoms with Gasteiger partial charge in [-0.2, -0.15) is 0 Å². The topological polar surface area (TPSA) is 32.3 Å². The van der Waals surface area contributed by atoms with E-state index >= 15 is 0 Å². The molecule has 0 bridgehead atoms. The van der Waals surface area contributed by atoms with Gasteiger partial charge in [0, 0.05) is 16.4 Å². The van der Waals surface area contributed by atoms with E-state index in [1.807, 2.05) is 60.6 Å². The molecule has 0 aliphatic carbocycles. The summed E-state index contributed by atoms with van der Waals surface area (Å²) in [7, 11) is 1.93. The second-order valence-electron chi connectivity index (χ2n) is 5.11. The van der Waals surface area contributed by atoms with E-state index in [0.717, 1.165) is 10.6 Å². The maximum atomic E-state index is 12.0. The third-order valence-corrected chi connectivity index (χ3v) is 4.39. The molecule has 112 valence electrons. The Morgan fingerprint density at radius 3 is 2.86 bits per heavy atom. The third-order valence-electron chi connectivity index (χ3n) is 3.10. The van der Waals surface area contributed by atoms with Gasteiger partial charge in [0.1, 0.15) is 0 Å². The van der Waals surface area contributed by atoms with Gasteiger partial charge in [-0.1, -0.05) is 29.8 Å². The van der Waals surface area contributed by atoms with Crippen LogP contribution in [-0.4, -0.2) is 24.4 Å². The van der Waals surface area contributed by atoms with E-state index < -0.39 is 0 Å². The van der Waals surface area contributed by atoms with Crippen LogP contribution in [0.4, 0.5) is 0 Å². The van der Waals surface area contributed by atoms with E-state index in [-0.39, 0.29) is 11.9 Å². The lowest BCUT2D eigenvalue weighted by Gasteiger charge is -2.18. The third kappa shape index (κ3) is 5.16. The van der Waals surface area contributed by atoms with Crippen LogP contribution in [0.3, 0.4) is 0 Å². The molecule has 1 atom stereocenters. The molecule has 0 spiro atoms. The smallest absolute Gasteiger partial charge is 0.234 e. The molecule has 1 amide bonds. The highest BCUT2D eigenvalue weighted by Gasteiger charge is 2.12. The fourth-order valence-corrected chi connectivity index (χ4v) is 3.09. The molecule has 0 radical (unpaired) electrons. The number of amides is 1. The largest absolute Gasteiger partial charge is 0.348 e. The van der Waals surface area contributed by atoms with Crippen LogP contribution in [0.2, 0.25) is 5.02 Å². The van der Waals surface area contributed by atoms with E-state index in [1.54, 1.807) is 11.3 Å². The van der Waals surface area contributed by atoms with Gasteiger partial charge in [-0.05, 0) is 43.1 Å². The molecule has 0 saturated carbocycles. The highest BCUT2D eigenvalue weighted by atomic mass is 35.5. The van der Waals surface area contributed by atoms with Gasteiger partial charge in [0.2, 0.25) is 5.91 Å². The molecule has 0 saturated heterocycles. The van der Waals surface area contributed by atoms with Crippen LogP contribution in [0.15, 0.2) is 41.8 Å². The second kappa shape index (κ2) is 7.59. The second-order valence-corrected chi connectivity index (χ2v) is 6.52. The van der Waals surface area contributed by atoms with Crippen LogP contribution in [0, 0.1) is 0 Å². The number of rotatable bonds is 6. The van der Waals surface area contributed by atoms with Gasteiger partial charge in [0.15, 0.2) is 0 Å². The maximum absolute atomic E-state index is 12.0. The Kier molecular flexibility index (Phi) is 5.79. The first-order valence-electron chi connectivity index (χ1n) is 6.80. The maximum Gasteiger partial charge on any atom is 0.234 e. The zero-order valence-electron chi connectivity index (χ0n) is 12.2. The van der Waals surface area contributed by atoms with Crippen molar-refractivity contribution in [3.8, 4) is 0 Å². The summed E-state index contributed by atoms with van der Waals surface area (Å²) in [5, 5.41) is 5.75. The van der Waals surface area contributed by atoms with Crippen LogP contribution in [-0.2, 0) is 11.3 Å². The Hall–Kier alpha value is -1.36. The lowest BCUT2D eigenvalue weighted by molar-refractivity contribution is -0.122. The summed E-state index contributed by atoms with van der Waals surface area (Å²) in [4.78, 5) is 15.2. The Labute approximate surface area is 134 Å². The quantitative estimate of drug-likeness (QED) is 0.879. The standard InChI is InChI=1S/C16H19ClN2OS/c1-12(15-7-4-8-21-15)18-16(20)11-19(2)10-13-5-3-6-14(17)9-13/h3-9,12H,10-11H2,1-2H3,(H,18,20)/t12-/m0/s1. The zero-order valence-corrected chi connectivity index (χ0v) is 13.7. The van der Waals surface area contributed by atoms with Crippen molar-refractivity contribution in [2.24, 2.45) is 0 Å². The molecule has 1 heterocycles. The molecule has 21 heavy (non-hydrogen) atoms. The summed E-state index contributed by atoms with van der Waals surface area (Å²) in [6.45, 7) is 3.06. The van der Waals surface area contributed by atoms with Crippen LogP contribution in [0.5, 0.6) is 0 Å². The minimum atomic E-state index is 0.0282. The lowest BCUT2D eigenvalue weighted by Crippen LogP contribution is -2.36. The van der Waals surface area contributed by atoms with Crippen molar-refractivity contribution < 1.29 is 4.79 Å². The number of likely N-dealkylation sites (N-methyl/N-ethyl adjacent to an activating group) is 1. The van der Waals surface area contributed by atoms with Crippen LogP contribution in [0.1, 0.15) is 23.4 Å². The minimum Gasteiger partial charge on any atom is -0.348 e. The fourth-order valence-electron chi connectivity index (χ4n) is 2.14. The summed E-state index contributed by atoms with van der Waals surface area (Å²) in [6, 6.07) is 11.8. The van der Waals surface area contributed by atoms with Gasteiger partial charge in [-0.15, -0.1) is 11.3 Å². The molecule has 0 fully saturated rings. The van der Waals surface area contributed by atoms with Crippen LogP contribution < -0.4 is 5.32 Å². The van der Waals surface area contributed by atoms with E-state index in [4.69, 9.17) is 11.6 Å². The zero-order chi connectivity index (χ0) is 15.2. The lowest BCUT2D eigenvalue weighted by atomic mass is 10.2. The Bertz CT molecular complexity index is 586. The number of halogens is 1. The number of benzene rings is 1. The van der Waals surface area contributed by atoms with Gasteiger partial charge in [0.05, 0.1) is 12.6 Å². The Morgan fingerprint density at radius 1 is 1.38 bits per heavy atom. The molecular weight excluding hydrogens is 304 g/mol. The molecule has 1 aromatic heterocycles. The number of thiophene rings is 1. The number of carbonyl (C=O) groups is 1. The molecule has 2 aromatic rings. The summed E-state index contributed by atoms with van der Waals surface area (Å²) in [5.41, 5.74) is 1.10. The molecule has 1 N–H and O–H groups in total. The van der Waals surface area contributed by atoms with Crippen molar-refractivity contribution in [1.82, 2.24) is 10.2 Å². The molecule has 3 nitrogen and oxygen atoms in total. The number of hydrogen-bond donors (Lipinski definition) is 1. The van der Waals surface area contributed by atoms with E-state index in [1.165, 1.54) is 4.88 Å². The highest BCUT2D eigenvalue weighted by molar-refractivity contribution is 7.10. The monoisotopic (exact) mass is 322 g/mol. The average Bonchev–Trinajstić information content (AvgIpc) is 2.91. The van der Waals surface area contributed by atoms with E-state index in [9.17, 15) is 4.79 Å². The van der Waals surface area contributed by atoms with Crippen molar-refractivity contribution in [2.75, 3.05) is 13.6 Å². The Balaban J connectivity index is 1.82. The SMILES string of the molecule is C[C@H](NC(=O)CN(C)Cc1cccc(Cl)c1)c1cccs1. The number of nitrogens with one attached hydrogen (secondary N) is 1. The molecule has 1 aromatic carbocycles. The first-order chi connectivity index (χ1) is 10.0. The van der Waals surface area contributed by atoms with Crippen molar-refractivity contribution >= 4 is 28.8 Å². The van der Waals surface area contributed by atoms with Gasteiger partial charge >= 0.3 is 0 Å². The first-order valence-corrected chi connectivity index (χ1v) is 8.06. The molecule has 2 rings (SSSR count). The Morgan fingerprint density at radius 2 is 2.19 bits per heavy atom. The van der Waals surface area contributed by atoms with Gasteiger partial charge in [0.25, 0.3) is 0 Å². The number of nitrogens with zero attached hydrogens (tertiary/aromatic N) is 1. The van der Waals surface area contributed by atoms with Gasteiger partial charge in [-0.25, -0.2) is 0 Å². The van der Waals surface area contributed by atoms with Crippen molar-refractivity contribution in [1.29, 1.82) is 0 Å². The van der Waals surface area contributed by atoms with Gasteiger partial charge < -0.3 is 5.32 Å². The normalized spacial score (nSPS) is 12.4. The summed E-state index contributed by atoms with van der Waals surface area (Å²) in [6.07, 6.45) is 0. The van der Waals surface area contributed by atoms with Crippen molar-refractivity contribution in [3.05, 3.63) is 57.2 Å². The van der Waals surface area contributed by atoms with Gasteiger partial charge in [-0.3, -0.25) is 9.69 Å². The van der Waals surface area contributed by atoms with Crippen molar-refractivity contribution in [3.63, 3.8) is 0 Å². The average molecular weight is 323 g/mol. The fraction of sp³-hybridized carbons (Fsp3) is 0.312. The number of hydrogen-bond acceptors (Lipinski definition) is 3. The molecule has 0 unspecified atom stereocenters.